The third-order valence-corrected chi connectivity index (χ3v) is 5.37. The number of para-hydroxylation sites is 2. The predicted octanol–water partition coefficient (Wildman–Crippen LogP) is 1.20. The number of imidazole rings is 1. The van der Waals surface area contributed by atoms with Gasteiger partial charge in [-0.25, -0.2) is 9.78 Å². The Morgan fingerprint density at radius 1 is 1.14 bits per heavy atom. The third kappa shape index (κ3) is 3.73. The van der Waals surface area contributed by atoms with Crippen molar-refractivity contribution in [1.29, 1.82) is 0 Å². The molecular weight excluding hydrogens is 358 g/mol. The number of hydrogen-bond donors (Lipinski definition) is 0. The van der Waals surface area contributed by atoms with Crippen LogP contribution in [0.3, 0.4) is 0 Å². The van der Waals surface area contributed by atoms with Crippen molar-refractivity contribution in [3.63, 3.8) is 0 Å². The van der Waals surface area contributed by atoms with E-state index in [1.54, 1.807) is 12.1 Å². The monoisotopic (exact) mass is 383 g/mol. The zero-order chi connectivity index (χ0) is 19.5. The van der Waals surface area contributed by atoms with Gasteiger partial charge in [-0.1, -0.05) is 19.1 Å². The highest BCUT2D eigenvalue weighted by Crippen LogP contribution is 2.12. The molecule has 0 aliphatic carbocycles. The van der Waals surface area contributed by atoms with Crippen LogP contribution in [0.4, 0.5) is 0 Å². The Balaban J connectivity index is 1.31. The van der Waals surface area contributed by atoms with Crippen molar-refractivity contribution in [2.24, 2.45) is 0 Å². The molecule has 0 N–H and O–H groups in total. The van der Waals surface area contributed by atoms with Crippen molar-refractivity contribution in [2.45, 2.75) is 26.4 Å². The zero-order valence-corrected chi connectivity index (χ0v) is 16.1. The number of aryl methyl sites for hydroxylation is 1. The lowest BCUT2D eigenvalue weighted by molar-refractivity contribution is -0.133. The van der Waals surface area contributed by atoms with Crippen LogP contribution >= 0.6 is 0 Å². The highest BCUT2D eigenvalue weighted by atomic mass is 16.4. The van der Waals surface area contributed by atoms with E-state index in [-0.39, 0.29) is 12.5 Å². The van der Waals surface area contributed by atoms with Gasteiger partial charge in [0.2, 0.25) is 5.91 Å². The first-order valence-corrected chi connectivity index (χ1v) is 9.74. The van der Waals surface area contributed by atoms with Gasteiger partial charge >= 0.3 is 5.76 Å². The highest BCUT2D eigenvalue weighted by molar-refractivity contribution is 5.79. The summed E-state index contributed by atoms with van der Waals surface area (Å²) in [7, 11) is 0. The van der Waals surface area contributed by atoms with Gasteiger partial charge in [0.1, 0.15) is 12.4 Å². The number of oxazole rings is 1. The minimum atomic E-state index is -0.486. The molecule has 1 aromatic carbocycles. The molecule has 2 aromatic heterocycles. The van der Waals surface area contributed by atoms with Crippen LogP contribution in [0.25, 0.3) is 11.1 Å². The molecule has 1 amide bonds. The predicted molar refractivity (Wildman–Crippen MR) is 105 cm³/mol. The molecule has 148 valence electrons. The third-order valence-electron chi connectivity index (χ3n) is 5.37. The number of carbonyl (C=O) groups is 1. The first-order valence-electron chi connectivity index (χ1n) is 9.74. The second-order valence-electron chi connectivity index (χ2n) is 7.03. The lowest BCUT2D eigenvalue weighted by Crippen LogP contribution is -2.50. The SMILES string of the molecule is CCc1nccn1CCN1CCN(C(=O)Cn2c(=O)oc3ccccc32)CC1. The van der Waals surface area contributed by atoms with Crippen LogP contribution in [0, 0.1) is 0 Å². The molecule has 0 atom stereocenters. The van der Waals surface area contributed by atoms with E-state index in [2.05, 4.69) is 21.4 Å². The van der Waals surface area contributed by atoms with Gasteiger partial charge in [-0.05, 0) is 12.1 Å². The van der Waals surface area contributed by atoms with Crippen molar-refractivity contribution in [3.05, 3.63) is 53.0 Å². The Bertz CT molecular complexity index is 1010. The minimum Gasteiger partial charge on any atom is -0.408 e. The van der Waals surface area contributed by atoms with Crippen LogP contribution in [-0.4, -0.2) is 62.5 Å². The number of piperazine rings is 1. The van der Waals surface area contributed by atoms with Gasteiger partial charge in [0.05, 0.1) is 5.52 Å². The van der Waals surface area contributed by atoms with Gasteiger partial charge < -0.3 is 13.9 Å². The molecule has 1 fully saturated rings. The summed E-state index contributed by atoms with van der Waals surface area (Å²) >= 11 is 0. The van der Waals surface area contributed by atoms with Gasteiger partial charge in [-0.2, -0.15) is 0 Å². The van der Waals surface area contributed by atoms with E-state index in [9.17, 15) is 9.59 Å². The number of aromatic nitrogens is 3. The van der Waals surface area contributed by atoms with Crippen LogP contribution < -0.4 is 5.76 Å². The summed E-state index contributed by atoms with van der Waals surface area (Å²) in [6.45, 7) is 7.00. The Morgan fingerprint density at radius 2 is 1.93 bits per heavy atom. The average molecular weight is 383 g/mol. The van der Waals surface area contributed by atoms with Crippen molar-refractivity contribution >= 4 is 17.0 Å². The van der Waals surface area contributed by atoms with Crippen LogP contribution in [0.5, 0.6) is 0 Å². The lowest BCUT2D eigenvalue weighted by atomic mass is 10.3. The fraction of sp³-hybridized carbons (Fsp3) is 0.450. The first-order chi connectivity index (χ1) is 13.7. The summed E-state index contributed by atoms with van der Waals surface area (Å²) in [5.41, 5.74) is 1.17. The molecule has 0 radical (unpaired) electrons. The van der Waals surface area contributed by atoms with Gasteiger partial charge in [0.15, 0.2) is 5.58 Å². The van der Waals surface area contributed by atoms with E-state index >= 15 is 0 Å². The number of benzene rings is 1. The number of nitrogens with zero attached hydrogens (tertiary/aromatic N) is 5. The molecule has 3 aromatic rings. The molecule has 1 saturated heterocycles. The maximum atomic E-state index is 12.7. The molecule has 0 saturated carbocycles. The van der Waals surface area contributed by atoms with E-state index in [4.69, 9.17) is 4.42 Å². The van der Waals surface area contributed by atoms with Crippen molar-refractivity contribution in [3.8, 4) is 0 Å². The molecule has 8 heteroatoms. The van der Waals surface area contributed by atoms with Gasteiger partial charge in [0.25, 0.3) is 0 Å². The summed E-state index contributed by atoms with van der Waals surface area (Å²) in [6, 6.07) is 7.18. The summed E-state index contributed by atoms with van der Waals surface area (Å²) in [5.74, 6) is 0.572. The summed E-state index contributed by atoms with van der Waals surface area (Å²) in [4.78, 5) is 33.3. The highest BCUT2D eigenvalue weighted by Gasteiger charge is 2.22. The molecule has 0 bridgehead atoms. The van der Waals surface area contributed by atoms with E-state index in [0.717, 1.165) is 38.4 Å². The van der Waals surface area contributed by atoms with E-state index in [1.807, 2.05) is 29.4 Å². The molecular formula is C20H25N5O3. The second-order valence-corrected chi connectivity index (χ2v) is 7.03. The van der Waals surface area contributed by atoms with Crippen LogP contribution in [-0.2, 0) is 24.3 Å². The molecule has 0 spiro atoms. The summed E-state index contributed by atoms with van der Waals surface area (Å²) < 4.78 is 8.81. The van der Waals surface area contributed by atoms with Gasteiger partial charge in [-0.3, -0.25) is 14.3 Å². The van der Waals surface area contributed by atoms with Crippen LogP contribution in [0.15, 0.2) is 45.9 Å². The van der Waals surface area contributed by atoms with Crippen molar-refractivity contribution in [1.82, 2.24) is 23.9 Å². The molecule has 3 heterocycles. The Kier molecular flexibility index (Phi) is 5.29. The second kappa shape index (κ2) is 8.02. The van der Waals surface area contributed by atoms with Crippen LogP contribution in [0.1, 0.15) is 12.7 Å². The number of amides is 1. The Hall–Kier alpha value is -2.87. The molecule has 4 rings (SSSR count). The minimum absolute atomic E-state index is 0.0186. The van der Waals surface area contributed by atoms with Gasteiger partial charge in [-0.15, -0.1) is 0 Å². The fourth-order valence-electron chi connectivity index (χ4n) is 3.73. The summed E-state index contributed by atoms with van der Waals surface area (Å²) in [6.07, 6.45) is 4.79. The molecule has 1 aliphatic heterocycles. The first kappa shape index (κ1) is 18.5. The Morgan fingerprint density at radius 3 is 2.71 bits per heavy atom. The smallest absolute Gasteiger partial charge is 0.408 e. The summed E-state index contributed by atoms with van der Waals surface area (Å²) in [5, 5.41) is 0. The average Bonchev–Trinajstić information content (AvgIpc) is 3.30. The lowest BCUT2D eigenvalue weighted by Gasteiger charge is -2.34. The van der Waals surface area contributed by atoms with Gasteiger partial charge in [0, 0.05) is 58.1 Å². The molecule has 28 heavy (non-hydrogen) atoms. The Labute approximate surface area is 163 Å². The standard InChI is InChI=1S/C20H25N5O3/c1-2-18-21-7-8-23(18)12-9-22-10-13-24(14-11-22)19(26)15-25-16-5-3-4-6-17(16)28-20(25)27/h3-8H,2,9-15H2,1H3. The molecule has 8 nitrogen and oxygen atoms in total. The van der Waals surface area contributed by atoms with Crippen molar-refractivity contribution in [2.75, 3.05) is 32.7 Å². The quantitative estimate of drug-likeness (QED) is 0.639. The largest absolute Gasteiger partial charge is 0.420 e. The van der Waals surface area contributed by atoms with E-state index in [1.165, 1.54) is 4.57 Å². The van der Waals surface area contributed by atoms with Crippen molar-refractivity contribution < 1.29 is 9.21 Å². The fourth-order valence-corrected chi connectivity index (χ4v) is 3.73. The number of hydrogen-bond acceptors (Lipinski definition) is 5. The van der Waals surface area contributed by atoms with Crippen LogP contribution in [0.2, 0.25) is 0 Å². The number of rotatable bonds is 6. The molecule has 1 aliphatic rings. The normalized spacial score (nSPS) is 15.4. The zero-order valence-electron chi connectivity index (χ0n) is 16.1. The molecule has 0 unspecified atom stereocenters. The maximum absolute atomic E-state index is 12.7. The maximum Gasteiger partial charge on any atom is 0.420 e. The van der Waals surface area contributed by atoms with E-state index in [0.29, 0.717) is 24.2 Å². The topological polar surface area (TPSA) is 76.5 Å². The number of carbonyl (C=O) groups excluding carboxylic acids is 1. The van der Waals surface area contributed by atoms with E-state index < -0.39 is 5.76 Å². The number of fused-ring (bicyclic) bond motifs is 1.